The molecule has 0 spiro atoms. The molecule has 4 aliphatic rings. The van der Waals surface area contributed by atoms with Crippen LogP contribution in [0.2, 0.25) is 0 Å². The molecule has 0 aromatic carbocycles. The monoisotopic (exact) mass is 419 g/mol. The number of carbonyl (C=O) groups excluding carboxylic acids is 1. The molecule has 0 radical (unpaired) electrons. The zero-order chi connectivity index (χ0) is 21.1. The van der Waals surface area contributed by atoms with Gasteiger partial charge in [-0.15, -0.1) is 0 Å². The first kappa shape index (κ1) is 22.0. The minimum atomic E-state index is -0.00601. The Morgan fingerprint density at radius 1 is 1.07 bits per heavy atom. The second-order valence-electron chi connectivity index (χ2n) is 9.64. The smallest absolute Gasteiger partial charge is 0.225 e. The molecule has 4 rings (SSSR count). The maximum atomic E-state index is 12.2. The summed E-state index contributed by atoms with van der Waals surface area (Å²) in [7, 11) is 0. The second kappa shape index (κ2) is 9.92. The normalized spacial score (nSPS) is 36.7. The summed E-state index contributed by atoms with van der Waals surface area (Å²) in [6.45, 7) is 8.97. The number of hydroxylamine groups is 1. The zero-order valence-electron chi connectivity index (χ0n) is 18.4. The van der Waals surface area contributed by atoms with Gasteiger partial charge >= 0.3 is 0 Å². The van der Waals surface area contributed by atoms with Crippen LogP contribution >= 0.6 is 0 Å². The Hall–Kier alpha value is -1.24. The summed E-state index contributed by atoms with van der Waals surface area (Å²) >= 11 is 0. The summed E-state index contributed by atoms with van der Waals surface area (Å²) in [6.07, 6.45) is 5.08. The van der Waals surface area contributed by atoms with E-state index in [2.05, 4.69) is 21.8 Å². The van der Waals surface area contributed by atoms with E-state index >= 15 is 0 Å². The molecule has 8 heteroatoms. The predicted molar refractivity (Wildman–Crippen MR) is 112 cm³/mol. The van der Waals surface area contributed by atoms with Crippen LogP contribution < -0.4 is 10.8 Å². The molecule has 4 fully saturated rings. The van der Waals surface area contributed by atoms with Gasteiger partial charge in [0.05, 0.1) is 31.4 Å². The van der Waals surface area contributed by atoms with Crippen molar-refractivity contribution in [2.45, 2.75) is 64.4 Å². The molecule has 3 saturated heterocycles. The number of carbonyl (C=O) groups is 1. The number of amides is 1. The molecule has 1 saturated carbocycles. The fourth-order valence-corrected chi connectivity index (χ4v) is 5.59. The van der Waals surface area contributed by atoms with Crippen molar-refractivity contribution in [2.75, 3.05) is 39.4 Å². The Morgan fingerprint density at radius 3 is 2.47 bits per heavy atom. The van der Waals surface area contributed by atoms with E-state index in [0.717, 1.165) is 71.5 Å². The third kappa shape index (κ3) is 4.81. The Morgan fingerprint density at radius 2 is 1.80 bits per heavy atom. The first-order valence-electron chi connectivity index (χ1n) is 11.7. The fourth-order valence-electron chi connectivity index (χ4n) is 5.59. The Bertz CT molecular complexity index is 625. The minimum absolute atomic E-state index is 0.00601. The Labute approximate surface area is 180 Å². The highest BCUT2D eigenvalue weighted by molar-refractivity contribution is 5.78. The van der Waals surface area contributed by atoms with Crippen LogP contribution in [0.5, 0.6) is 0 Å². The van der Waals surface area contributed by atoms with Gasteiger partial charge in [0.25, 0.3) is 0 Å². The van der Waals surface area contributed by atoms with Gasteiger partial charge in [-0.1, -0.05) is 13.8 Å². The summed E-state index contributed by atoms with van der Waals surface area (Å²) in [4.78, 5) is 22.7. The van der Waals surface area contributed by atoms with Crippen LogP contribution in [0, 0.1) is 35.0 Å². The van der Waals surface area contributed by atoms with Gasteiger partial charge in [0.1, 0.15) is 6.23 Å². The van der Waals surface area contributed by atoms with Gasteiger partial charge in [-0.2, -0.15) is 10.7 Å². The van der Waals surface area contributed by atoms with E-state index in [-0.39, 0.29) is 30.1 Å². The Kier molecular flexibility index (Phi) is 7.27. The van der Waals surface area contributed by atoms with Gasteiger partial charge < -0.3 is 9.64 Å². The van der Waals surface area contributed by atoms with Crippen molar-refractivity contribution in [3.05, 3.63) is 0 Å². The molecule has 1 amide bonds. The third-order valence-electron chi connectivity index (χ3n) is 7.45. The highest BCUT2D eigenvalue weighted by Crippen LogP contribution is 2.36. The number of nitrogens with one attached hydrogen (secondary N) is 2. The molecule has 1 aliphatic carbocycles. The van der Waals surface area contributed by atoms with Crippen molar-refractivity contribution in [3.8, 4) is 6.07 Å². The number of hydrogen-bond donors (Lipinski definition) is 2. The van der Waals surface area contributed by atoms with Crippen molar-refractivity contribution in [2.24, 2.45) is 23.7 Å². The van der Waals surface area contributed by atoms with Crippen LogP contribution in [0.15, 0.2) is 0 Å². The summed E-state index contributed by atoms with van der Waals surface area (Å²) in [5.41, 5.74) is 3.25. The van der Waals surface area contributed by atoms with E-state index in [1.165, 1.54) is 0 Å². The van der Waals surface area contributed by atoms with E-state index in [1.54, 1.807) is 0 Å². The van der Waals surface area contributed by atoms with Crippen molar-refractivity contribution >= 4 is 5.91 Å². The summed E-state index contributed by atoms with van der Waals surface area (Å²) in [5.74, 6) is 1.31. The Balaban J connectivity index is 1.29. The molecule has 5 atom stereocenters. The molecule has 2 N–H and O–H groups in total. The molecule has 0 bridgehead atoms. The lowest BCUT2D eigenvalue weighted by Gasteiger charge is -2.42. The van der Waals surface area contributed by atoms with Crippen LogP contribution in [0.4, 0.5) is 0 Å². The van der Waals surface area contributed by atoms with Gasteiger partial charge in [0.2, 0.25) is 5.91 Å². The predicted octanol–water partition coefficient (Wildman–Crippen LogP) is 1.30. The van der Waals surface area contributed by atoms with E-state index in [1.807, 2.05) is 18.7 Å². The van der Waals surface area contributed by atoms with Crippen LogP contribution in [-0.2, 0) is 14.4 Å². The number of piperidine rings is 1. The molecular formula is C22H37N5O3. The molecule has 0 aromatic rings. The van der Waals surface area contributed by atoms with Crippen LogP contribution in [0.1, 0.15) is 46.0 Å². The van der Waals surface area contributed by atoms with Gasteiger partial charge in [0, 0.05) is 44.1 Å². The molecule has 3 heterocycles. The number of hydrogen-bond acceptors (Lipinski definition) is 7. The van der Waals surface area contributed by atoms with Crippen LogP contribution in [0.3, 0.4) is 0 Å². The number of morpholine rings is 1. The number of nitriles is 1. The van der Waals surface area contributed by atoms with Crippen molar-refractivity contribution in [1.82, 2.24) is 20.6 Å². The molecule has 5 unspecified atom stereocenters. The number of ether oxygens (including phenoxy) is 1. The number of rotatable bonds is 4. The standard InChI is InChI=1S/C22H37N5O3/c1-15(2)22(28)27-7-5-16(6-8-27)20-24-21(30-25-20)17-3-4-18(14-23)19(13-17)26-9-11-29-12-10-26/h15-21,24-25H,3-13H2,1-2H3. The number of likely N-dealkylation sites (tertiary alicyclic amines) is 1. The molecule has 30 heavy (non-hydrogen) atoms. The largest absolute Gasteiger partial charge is 0.379 e. The average molecular weight is 420 g/mol. The van der Waals surface area contributed by atoms with Gasteiger partial charge in [-0.05, 0) is 38.0 Å². The van der Waals surface area contributed by atoms with Crippen LogP contribution in [-0.4, -0.2) is 73.5 Å². The van der Waals surface area contributed by atoms with Crippen molar-refractivity contribution in [3.63, 3.8) is 0 Å². The average Bonchev–Trinajstić information content (AvgIpc) is 3.29. The van der Waals surface area contributed by atoms with Crippen molar-refractivity contribution < 1.29 is 14.4 Å². The first-order valence-corrected chi connectivity index (χ1v) is 11.7. The molecule has 168 valence electrons. The van der Waals surface area contributed by atoms with E-state index < -0.39 is 0 Å². The second-order valence-corrected chi connectivity index (χ2v) is 9.64. The molecular weight excluding hydrogens is 382 g/mol. The van der Waals surface area contributed by atoms with Gasteiger partial charge in [-0.3, -0.25) is 19.8 Å². The maximum absolute atomic E-state index is 12.2. The zero-order valence-corrected chi connectivity index (χ0v) is 18.4. The summed E-state index contributed by atoms with van der Waals surface area (Å²) in [5, 5.41) is 13.3. The van der Waals surface area contributed by atoms with Gasteiger partial charge in [-0.25, -0.2) is 0 Å². The lowest BCUT2D eigenvalue weighted by atomic mass is 9.77. The molecule has 8 nitrogen and oxygen atoms in total. The number of nitrogens with zero attached hydrogens (tertiary/aromatic N) is 3. The first-order chi connectivity index (χ1) is 14.6. The lowest BCUT2D eigenvalue weighted by molar-refractivity contribution is -0.136. The van der Waals surface area contributed by atoms with E-state index in [0.29, 0.717) is 17.9 Å². The van der Waals surface area contributed by atoms with Crippen LogP contribution in [0.25, 0.3) is 0 Å². The lowest BCUT2D eigenvalue weighted by Crippen LogP contribution is -2.52. The topological polar surface area (TPSA) is 89.9 Å². The highest BCUT2D eigenvalue weighted by atomic mass is 16.7. The van der Waals surface area contributed by atoms with Gasteiger partial charge in [0.15, 0.2) is 0 Å². The molecule has 3 aliphatic heterocycles. The third-order valence-corrected chi connectivity index (χ3v) is 7.45. The quantitative estimate of drug-likeness (QED) is 0.710. The van der Waals surface area contributed by atoms with Crippen molar-refractivity contribution in [1.29, 1.82) is 5.26 Å². The fraction of sp³-hybridized carbons (Fsp3) is 0.909. The summed E-state index contributed by atoms with van der Waals surface area (Å²) in [6, 6.07) is 2.85. The SMILES string of the molecule is CC(C)C(=O)N1CCC(C2NOC(C3CCC(C#N)C(N4CCOCC4)C3)N2)CC1. The summed E-state index contributed by atoms with van der Waals surface area (Å²) < 4.78 is 5.51. The van der Waals surface area contributed by atoms with E-state index in [4.69, 9.17) is 9.57 Å². The molecule has 0 aromatic heterocycles. The maximum Gasteiger partial charge on any atom is 0.225 e. The van der Waals surface area contributed by atoms with E-state index in [9.17, 15) is 10.1 Å². The highest BCUT2D eigenvalue weighted by Gasteiger charge is 2.42. The minimum Gasteiger partial charge on any atom is -0.379 e.